The van der Waals surface area contributed by atoms with Crippen LogP contribution in [-0.4, -0.2) is 39.8 Å². The highest BCUT2D eigenvalue weighted by molar-refractivity contribution is 5.86. The van der Waals surface area contributed by atoms with E-state index in [1.807, 2.05) is 0 Å². The van der Waals surface area contributed by atoms with Crippen LogP contribution in [0.3, 0.4) is 0 Å². The topological polar surface area (TPSA) is 69.7 Å². The molecule has 0 aliphatic carbocycles. The second-order valence-corrected chi connectivity index (χ2v) is 7.67. The van der Waals surface area contributed by atoms with Gasteiger partial charge < -0.3 is 10.2 Å². The number of tetrazole rings is 1. The highest BCUT2D eigenvalue weighted by Gasteiger charge is 2.24. The molecule has 146 valence electrons. The van der Waals surface area contributed by atoms with E-state index in [1.54, 1.807) is 0 Å². The lowest BCUT2D eigenvalue weighted by molar-refractivity contribution is 0.483. The van der Waals surface area contributed by atoms with E-state index < -0.39 is 0 Å². The Morgan fingerprint density at radius 3 is 2.69 bits per heavy atom. The fraction of sp³-hybridized carbons (Fsp3) is 0.261. The van der Waals surface area contributed by atoms with Crippen molar-refractivity contribution in [1.29, 1.82) is 0 Å². The van der Waals surface area contributed by atoms with Crippen LogP contribution in [0.1, 0.15) is 24.9 Å². The van der Waals surface area contributed by atoms with Crippen molar-refractivity contribution in [2.75, 3.05) is 18.0 Å². The van der Waals surface area contributed by atoms with E-state index >= 15 is 0 Å². The molecule has 0 radical (unpaired) electrons. The standard InChI is InChI=1S/C23H24N6/c1-16(21-8-4-6-17-5-2-3-7-22(17)21)24-19-13-14-29(15-19)20-11-9-18(10-12-20)23-25-27-28-26-23/h2-12,16,19,24H,13-15H2,1H3,(H,25,26,27,28)/t16-,19+/m1/s1. The van der Waals surface area contributed by atoms with Crippen LogP contribution in [0.5, 0.6) is 0 Å². The van der Waals surface area contributed by atoms with Crippen molar-refractivity contribution < 1.29 is 0 Å². The van der Waals surface area contributed by atoms with E-state index in [-0.39, 0.29) is 0 Å². The molecule has 2 N–H and O–H groups in total. The van der Waals surface area contributed by atoms with Gasteiger partial charge in [0.15, 0.2) is 0 Å². The van der Waals surface area contributed by atoms with Crippen LogP contribution in [-0.2, 0) is 0 Å². The van der Waals surface area contributed by atoms with Crippen LogP contribution < -0.4 is 10.2 Å². The highest BCUT2D eigenvalue weighted by Crippen LogP contribution is 2.27. The lowest BCUT2D eigenvalue weighted by Crippen LogP contribution is -2.34. The number of fused-ring (bicyclic) bond motifs is 1. The number of anilines is 1. The number of benzene rings is 3. The van der Waals surface area contributed by atoms with Crippen molar-refractivity contribution in [3.05, 3.63) is 72.3 Å². The maximum absolute atomic E-state index is 4.04. The fourth-order valence-electron chi connectivity index (χ4n) is 4.31. The predicted molar refractivity (Wildman–Crippen MR) is 116 cm³/mol. The summed E-state index contributed by atoms with van der Waals surface area (Å²) < 4.78 is 0. The lowest BCUT2D eigenvalue weighted by atomic mass is 9.99. The molecule has 3 aromatic carbocycles. The monoisotopic (exact) mass is 384 g/mol. The predicted octanol–water partition coefficient (Wildman–Crippen LogP) is 3.95. The first kappa shape index (κ1) is 17.8. The van der Waals surface area contributed by atoms with Gasteiger partial charge in [0.1, 0.15) is 0 Å². The lowest BCUT2D eigenvalue weighted by Gasteiger charge is -2.23. The molecular weight excluding hydrogens is 360 g/mol. The first-order valence-electron chi connectivity index (χ1n) is 10.1. The number of nitrogens with zero attached hydrogens (tertiary/aromatic N) is 4. The van der Waals surface area contributed by atoms with E-state index in [1.165, 1.54) is 22.0 Å². The SMILES string of the molecule is C[C@@H](N[C@H]1CCN(c2ccc(-c3nn[nH]n3)cc2)C1)c1cccc2ccccc12. The Morgan fingerprint density at radius 2 is 1.86 bits per heavy atom. The average Bonchev–Trinajstić information content (AvgIpc) is 3.46. The summed E-state index contributed by atoms with van der Waals surface area (Å²) in [5.41, 5.74) is 3.58. The second-order valence-electron chi connectivity index (χ2n) is 7.67. The molecule has 5 rings (SSSR count). The third-order valence-corrected chi connectivity index (χ3v) is 5.80. The van der Waals surface area contributed by atoms with Crippen LogP contribution in [0.25, 0.3) is 22.2 Å². The van der Waals surface area contributed by atoms with Gasteiger partial charge in [0.05, 0.1) is 0 Å². The number of aromatic amines is 1. The molecule has 1 aromatic heterocycles. The van der Waals surface area contributed by atoms with Crippen molar-refractivity contribution in [3.8, 4) is 11.4 Å². The van der Waals surface area contributed by atoms with Crippen LogP contribution in [0.2, 0.25) is 0 Å². The third-order valence-electron chi connectivity index (χ3n) is 5.80. The van der Waals surface area contributed by atoms with Gasteiger partial charge in [-0.25, -0.2) is 0 Å². The smallest absolute Gasteiger partial charge is 0.204 e. The molecule has 6 nitrogen and oxygen atoms in total. The van der Waals surface area contributed by atoms with Gasteiger partial charge in [-0.3, -0.25) is 0 Å². The molecule has 6 heteroatoms. The first-order valence-corrected chi connectivity index (χ1v) is 10.1. The zero-order valence-corrected chi connectivity index (χ0v) is 16.4. The van der Waals surface area contributed by atoms with Crippen molar-refractivity contribution >= 4 is 16.5 Å². The normalized spacial score (nSPS) is 17.7. The summed E-state index contributed by atoms with van der Waals surface area (Å²) in [6, 6.07) is 24.4. The maximum atomic E-state index is 4.04. The number of rotatable bonds is 5. The minimum Gasteiger partial charge on any atom is -0.370 e. The van der Waals surface area contributed by atoms with Crippen LogP contribution in [0.4, 0.5) is 5.69 Å². The Bertz CT molecular complexity index is 1080. The molecule has 2 atom stereocenters. The van der Waals surface area contributed by atoms with Gasteiger partial charge >= 0.3 is 0 Å². The van der Waals surface area contributed by atoms with Crippen molar-refractivity contribution in [2.24, 2.45) is 0 Å². The maximum Gasteiger partial charge on any atom is 0.204 e. The van der Waals surface area contributed by atoms with Gasteiger partial charge in [-0.1, -0.05) is 42.5 Å². The van der Waals surface area contributed by atoms with Gasteiger partial charge in [0.2, 0.25) is 5.82 Å². The summed E-state index contributed by atoms with van der Waals surface area (Å²) in [5, 5.41) is 20.7. The minimum absolute atomic E-state index is 0.312. The second kappa shape index (κ2) is 7.64. The molecule has 4 aromatic rings. The zero-order valence-electron chi connectivity index (χ0n) is 16.4. The van der Waals surface area contributed by atoms with Gasteiger partial charge in [0, 0.05) is 36.4 Å². The summed E-state index contributed by atoms with van der Waals surface area (Å²) >= 11 is 0. The Labute approximate surface area is 169 Å². The van der Waals surface area contributed by atoms with Crippen LogP contribution in [0.15, 0.2) is 66.7 Å². The summed E-state index contributed by atoms with van der Waals surface area (Å²) in [5.74, 6) is 0.626. The van der Waals surface area contributed by atoms with Gasteiger partial charge in [-0.05, 0) is 59.2 Å². The third kappa shape index (κ3) is 3.59. The zero-order chi connectivity index (χ0) is 19.6. The van der Waals surface area contributed by atoms with Crippen molar-refractivity contribution in [1.82, 2.24) is 25.9 Å². The molecule has 1 aliphatic heterocycles. The Kier molecular flexibility index (Phi) is 4.69. The Morgan fingerprint density at radius 1 is 1.03 bits per heavy atom. The molecule has 0 spiro atoms. The summed E-state index contributed by atoms with van der Waals surface area (Å²) in [7, 11) is 0. The molecule has 29 heavy (non-hydrogen) atoms. The number of aromatic nitrogens is 4. The molecule has 2 heterocycles. The van der Waals surface area contributed by atoms with E-state index in [2.05, 4.69) is 104 Å². The van der Waals surface area contributed by atoms with Crippen LogP contribution in [0, 0.1) is 0 Å². The van der Waals surface area contributed by atoms with E-state index in [0.29, 0.717) is 17.9 Å². The molecule has 0 amide bonds. The van der Waals surface area contributed by atoms with Gasteiger partial charge in [-0.2, -0.15) is 5.21 Å². The van der Waals surface area contributed by atoms with E-state index in [9.17, 15) is 0 Å². The molecule has 0 bridgehead atoms. The summed E-state index contributed by atoms with van der Waals surface area (Å²) in [6.45, 7) is 4.34. The Balaban J connectivity index is 1.26. The molecule has 1 aliphatic rings. The summed E-state index contributed by atoms with van der Waals surface area (Å²) in [4.78, 5) is 2.44. The van der Waals surface area contributed by atoms with E-state index in [0.717, 1.165) is 25.1 Å². The largest absolute Gasteiger partial charge is 0.370 e. The highest BCUT2D eigenvalue weighted by atomic mass is 15.5. The minimum atomic E-state index is 0.312. The van der Waals surface area contributed by atoms with Crippen LogP contribution >= 0.6 is 0 Å². The number of H-pyrrole nitrogens is 1. The number of hydrogen-bond acceptors (Lipinski definition) is 5. The van der Waals surface area contributed by atoms with E-state index in [4.69, 9.17) is 0 Å². The molecular formula is C23H24N6. The van der Waals surface area contributed by atoms with Gasteiger partial charge in [0.25, 0.3) is 0 Å². The summed E-state index contributed by atoms with van der Waals surface area (Å²) in [6.07, 6.45) is 1.14. The quantitative estimate of drug-likeness (QED) is 0.545. The molecule has 1 saturated heterocycles. The Hall–Kier alpha value is -3.25. The number of nitrogens with one attached hydrogen (secondary N) is 2. The van der Waals surface area contributed by atoms with Gasteiger partial charge in [-0.15, -0.1) is 10.2 Å². The van der Waals surface area contributed by atoms with Crippen molar-refractivity contribution in [2.45, 2.75) is 25.4 Å². The number of hydrogen-bond donors (Lipinski definition) is 2. The van der Waals surface area contributed by atoms with Crippen molar-refractivity contribution in [3.63, 3.8) is 0 Å². The first-order chi connectivity index (χ1) is 14.3. The molecule has 0 unspecified atom stereocenters. The molecule has 1 fully saturated rings. The average molecular weight is 384 g/mol. The fourth-order valence-corrected chi connectivity index (χ4v) is 4.31. The molecule has 0 saturated carbocycles.